The maximum absolute atomic E-state index is 10.8. The predicted molar refractivity (Wildman–Crippen MR) is 153 cm³/mol. The number of imidazole rings is 1. The van der Waals surface area contributed by atoms with Gasteiger partial charge in [-0.25, -0.2) is 15.0 Å². The molecule has 10 nitrogen and oxygen atoms in total. The quantitative estimate of drug-likeness (QED) is 0.212. The van der Waals surface area contributed by atoms with Crippen LogP contribution in [0.5, 0.6) is 0 Å². The molecule has 4 aromatic rings. The molecule has 0 radical (unpaired) electrons. The highest BCUT2D eigenvalue weighted by atomic mass is 16.6. The van der Waals surface area contributed by atoms with E-state index in [0.29, 0.717) is 41.8 Å². The number of nitrogens with zero attached hydrogens (tertiary/aromatic N) is 4. The molecule has 10 heteroatoms. The Morgan fingerprint density at radius 2 is 1.62 bits per heavy atom. The van der Waals surface area contributed by atoms with Gasteiger partial charge in [0.05, 0.1) is 19.5 Å². The minimum Gasteiger partial charge on any atom is -0.387 e. The molecule has 3 heterocycles. The first-order chi connectivity index (χ1) is 19.5. The molecule has 2 aromatic heterocycles. The third-order valence-electron chi connectivity index (χ3n) is 7.12. The summed E-state index contributed by atoms with van der Waals surface area (Å²) in [5.74, 6) is 1.76. The van der Waals surface area contributed by atoms with E-state index in [-0.39, 0.29) is 12.5 Å². The topological polar surface area (TPSA) is 127 Å². The van der Waals surface area contributed by atoms with Gasteiger partial charge in [-0.2, -0.15) is 0 Å². The lowest BCUT2D eigenvalue weighted by molar-refractivity contribution is -0.0580. The maximum atomic E-state index is 10.8. The Kier molecular flexibility index (Phi) is 9.03. The molecule has 0 aliphatic carbocycles. The van der Waals surface area contributed by atoms with Crippen LogP contribution in [0.3, 0.4) is 0 Å². The Bertz CT molecular complexity index is 1330. The zero-order valence-electron chi connectivity index (χ0n) is 23.1. The molecule has 1 saturated heterocycles. The molecule has 0 spiro atoms. The Morgan fingerprint density at radius 3 is 2.25 bits per heavy atom. The van der Waals surface area contributed by atoms with Gasteiger partial charge in [0.1, 0.15) is 24.1 Å². The molecular formula is C30H38N6O4. The molecule has 0 saturated carbocycles. The van der Waals surface area contributed by atoms with Crippen LogP contribution < -0.4 is 10.6 Å². The summed E-state index contributed by atoms with van der Waals surface area (Å²) in [5, 5.41) is 28.3. The first-order valence-electron chi connectivity index (χ1n) is 13.7. The first-order valence-corrected chi connectivity index (χ1v) is 13.7. The third-order valence-corrected chi connectivity index (χ3v) is 7.12. The van der Waals surface area contributed by atoms with Crippen molar-refractivity contribution in [3.05, 3.63) is 83.9 Å². The van der Waals surface area contributed by atoms with Crippen molar-refractivity contribution in [1.29, 1.82) is 0 Å². The van der Waals surface area contributed by atoms with Gasteiger partial charge < -0.3 is 30.3 Å². The van der Waals surface area contributed by atoms with E-state index in [0.717, 1.165) is 6.54 Å². The molecule has 40 heavy (non-hydrogen) atoms. The molecule has 0 bridgehead atoms. The largest absolute Gasteiger partial charge is 0.387 e. The van der Waals surface area contributed by atoms with Crippen molar-refractivity contribution in [3.8, 4) is 0 Å². The Hall–Kier alpha value is -3.41. The van der Waals surface area contributed by atoms with E-state index in [9.17, 15) is 10.2 Å². The fraction of sp³-hybridized carbons (Fsp3) is 0.433. The van der Waals surface area contributed by atoms with E-state index in [2.05, 4.69) is 53.7 Å². The van der Waals surface area contributed by atoms with E-state index >= 15 is 0 Å². The number of rotatable bonds is 12. The van der Waals surface area contributed by atoms with Gasteiger partial charge in [-0.15, -0.1) is 0 Å². The van der Waals surface area contributed by atoms with Gasteiger partial charge in [-0.05, 0) is 23.6 Å². The highest BCUT2D eigenvalue weighted by Crippen LogP contribution is 2.33. The summed E-state index contributed by atoms with van der Waals surface area (Å²) in [7, 11) is 1.53. The molecule has 212 valence electrons. The highest BCUT2D eigenvalue weighted by molar-refractivity contribution is 5.83. The number of ether oxygens (including phenoxy) is 2. The molecular weight excluding hydrogens is 508 g/mol. The fourth-order valence-electron chi connectivity index (χ4n) is 5.08. The van der Waals surface area contributed by atoms with Gasteiger partial charge in [0.2, 0.25) is 0 Å². The predicted octanol–water partition coefficient (Wildman–Crippen LogP) is 3.08. The lowest BCUT2D eigenvalue weighted by Crippen LogP contribution is -2.33. The van der Waals surface area contributed by atoms with Gasteiger partial charge >= 0.3 is 0 Å². The smallest absolute Gasteiger partial charge is 0.168 e. The third kappa shape index (κ3) is 6.16. The van der Waals surface area contributed by atoms with E-state index in [1.54, 1.807) is 10.9 Å². The highest BCUT2D eigenvalue weighted by Gasteiger charge is 2.44. The van der Waals surface area contributed by atoms with Crippen LogP contribution in [0.25, 0.3) is 11.2 Å². The van der Waals surface area contributed by atoms with Crippen LogP contribution in [0.4, 0.5) is 5.82 Å². The minimum atomic E-state index is -1.16. The summed E-state index contributed by atoms with van der Waals surface area (Å²) in [6.07, 6.45) is -2.19. The average molecular weight is 547 g/mol. The zero-order valence-corrected chi connectivity index (χ0v) is 23.1. The number of nitrogens with one attached hydrogen (secondary N) is 2. The van der Waals surface area contributed by atoms with Crippen LogP contribution in [0.1, 0.15) is 42.9 Å². The number of hydrogen-bond acceptors (Lipinski definition) is 9. The summed E-state index contributed by atoms with van der Waals surface area (Å²) >= 11 is 0. The van der Waals surface area contributed by atoms with Crippen LogP contribution in [-0.2, 0) is 16.0 Å². The summed E-state index contributed by atoms with van der Waals surface area (Å²) in [4.78, 5) is 14.3. The number of anilines is 1. The summed E-state index contributed by atoms with van der Waals surface area (Å²) in [6, 6.07) is 20.7. The summed E-state index contributed by atoms with van der Waals surface area (Å²) in [6.45, 7) is 6.33. The number of aliphatic hydroxyl groups is 2. The Labute approximate surface area is 234 Å². The second-order valence-corrected chi connectivity index (χ2v) is 10.6. The summed E-state index contributed by atoms with van der Waals surface area (Å²) in [5.41, 5.74) is 3.46. The average Bonchev–Trinajstić information content (AvgIpc) is 3.50. The molecule has 0 amide bonds. The monoisotopic (exact) mass is 546 g/mol. The number of aromatic nitrogens is 4. The van der Waals surface area contributed by atoms with Crippen LogP contribution in [-0.4, -0.2) is 74.9 Å². The molecule has 5 rings (SSSR count). The first kappa shape index (κ1) is 28.1. The van der Waals surface area contributed by atoms with Crippen LogP contribution in [0, 0.1) is 5.92 Å². The normalized spacial score (nSPS) is 21.1. The molecule has 1 fully saturated rings. The number of aliphatic hydroxyl groups excluding tert-OH is 2. The molecule has 2 aromatic carbocycles. The van der Waals surface area contributed by atoms with Crippen molar-refractivity contribution in [1.82, 2.24) is 24.8 Å². The maximum Gasteiger partial charge on any atom is 0.168 e. The lowest BCUT2D eigenvalue weighted by atomic mass is 9.91. The van der Waals surface area contributed by atoms with Gasteiger partial charge in [0.25, 0.3) is 0 Å². The van der Waals surface area contributed by atoms with Gasteiger partial charge in [0.15, 0.2) is 23.2 Å². The number of methoxy groups -OCH3 is 1. The van der Waals surface area contributed by atoms with Gasteiger partial charge in [-0.3, -0.25) is 4.57 Å². The molecule has 4 N–H and O–H groups in total. The number of fused-ring (bicyclic) bond motifs is 1. The van der Waals surface area contributed by atoms with Crippen molar-refractivity contribution < 1.29 is 19.7 Å². The Balaban J connectivity index is 1.48. The van der Waals surface area contributed by atoms with Crippen molar-refractivity contribution in [2.45, 2.75) is 50.8 Å². The minimum absolute atomic E-state index is 0.0851. The van der Waals surface area contributed by atoms with Crippen molar-refractivity contribution in [2.75, 3.05) is 32.1 Å². The number of benzene rings is 2. The fourth-order valence-corrected chi connectivity index (χ4v) is 5.08. The van der Waals surface area contributed by atoms with Gasteiger partial charge in [-0.1, -0.05) is 74.5 Å². The van der Waals surface area contributed by atoms with E-state index in [1.807, 2.05) is 36.4 Å². The van der Waals surface area contributed by atoms with Crippen molar-refractivity contribution in [3.63, 3.8) is 0 Å². The molecule has 1 aliphatic rings. The number of hydrogen-bond donors (Lipinski definition) is 4. The molecule has 1 unspecified atom stereocenters. The standard InChI is InChI=1S/C30H38N6O4/c1-19(2)14-31-16-24-34-28(32-15-22(20-10-6-4-7-11-20)21-12-8-5-9-13-21)25-29(35-24)36(18-33-25)30-27(38)26(37)23(40-30)17-39-3/h4-13,18-19,22-23,26-27,30-31,37-38H,14-17H2,1-3H3,(H,32,34,35)/t23-,26-,27-,30?/m1/s1. The van der Waals surface area contributed by atoms with Crippen LogP contribution >= 0.6 is 0 Å². The Morgan fingerprint density at radius 1 is 0.950 bits per heavy atom. The zero-order chi connectivity index (χ0) is 28.1. The molecule has 1 aliphatic heterocycles. The van der Waals surface area contributed by atoms with Crippen molar-refractivity contribution >= 4 is 17.0 Å². The van der Waals surface area contributed by atoms with Gasteiger partial charge in [0, 0.05) is 19.6 Å². The van der Waals surface area contributed by atoms with Crippen molar-refractivity contribution in [2.24, 2.45) is 5.92 Å². The van der Waals surface area contributed by atoms with E-state index in [1.165, 1.54) is 18.2 Å². The molecule has 4 atom stereocenters. The second-order valence-electron chi connectivity index (χ2n) is 10.6. The van der Waals surface area contributed by atoms with Crippen LogP contribution in [0.15, 0.2) is 67.0 Å². The lowest BCUT2D eigenvalue weighted by Gasteiger charge is -2.20. The second kappa shape index (κ2) is 12.8. The van der Waals surface area contributed by atoms with E-state index < -0.39 is 24.5 Å². The SMILES string of the molecule is COC[C@H]1OC(n2cnc3c(NCC(c4ccccc4)c4ccccc4)nc(CNCC(C)C)nc32)[C@H](O)[C@@H]1O. The summed E-state index contributed by atoms with van der Waals surface area (Å²) < 4.78 is 12.8. The van der Waals surface area contributed by atoms with Crippen LogP contribution in [0.2, 0.25) is 0 Å². The van der Waals surface area contributed by atoms with E-state index in [4.69, 9.17) is 19.4 Å².